The van der Waals surface area contributed by atoms with Crippen molar-refractivity contribution in [3.8, 4) is 0 Å². The number of halogens is 1. The van der Waals surface area contributed by atoms with Gasteiger partial charge in [-0.2, -0.15) is 0 Å². The molecule has 0 aromatic heterocycles. The molecule has 1 aromatic rings. The molecule has 0 saturated heterocycles. The molecule has 0 fully saturated rings. The SMILES string of the molecule is CCCOC(C(C)=O)c1ccc(C)cc1Br. The molecule has 0 aliphatic carbocycles. The molecule has 16 heavy (non-hydrogen) atoms. The summed E-state index contributed by atoms with van der Waals surface area (Å²) in [6.07, 6.45) is 0.461. The molecule has 1 rings (SSSR count). The van der Waals surface area contributed by atoms with Crippen LogP contribution in [0.5, 0.6) is 0 Å². The summed E-state index contributed by atoms with van der Waals surface area (Å²) in [6.45, 7) is 6.21. The maximum absolute atomic E-state index is 11.5. The number of Topliss-reactive ketones (excluding diaryl/α,β-unsaturated/α-hetero) is 1. The summed E-state index contributed by atoms with van der Waals surface area (Å²) in [5.74, 6) is 0.0398. The molecule has 0 aliphatic heterocycles. The first-order chi connectivity index (χ1) is 7.56. The van der Waals surface area contributed by atoms with Crippen LogP contribution in [0.3, 0.4) is 0 Å². The van der Waals surface area contributed by atoms with Crippen molar-refractivity contribution in [2.45, 2.75) is 33.3 Å². The molecule has 0 heterocycles. The normalized spacial score (nSPS) is 12.5. The Morgan fingerprint density at radius 1 is 1.50 bits per heavy atom. The zero-order valence-electron chi connectivity index (χ0n) is 9.92. The van der Waals surface area contributed by atoms with Crippen LogP contribution in [0.1, 0.15) is 37.5 Å². The number of benzene rings is 1. The van der Waals surface area contributed by atoms with Gasteiger partial charge in [-0.1, -0.05) is 35.0 Å². The van der Waals surface area contributed by atoms with Crippen molar-refractivity contribution in [3.63, 3.8) is 0 Å². The second kappa shape index (κ2) is 6.16. The maximum Gasteiger partial charge on any atom is 0.163 e. The average Bonchev–Trinajstić information content (AvgIpc) is 2.20. The Labute approximate surface area is 105 Å². The van der Waals surface area contributed by atoms with Gasteiger partial charge in [-0.05, 0) is 31.9 Å². The fourth-order valence-electron chi connectivity index (χ4n) is 1.51. The van der Waals surface area contributed by atoms with Gasteiger partial charge in [0, 0.05) is 16.6 Å². The van der Waals surface area contributed by atoms with Gasteiger partial charge in [-0.3, -0.25) is 4.79 Å². The number of aryl methyl sites for hydroxylation is 1. The summed E-state index contributed by atoms with van der Waals surface area (Å²) in [4.78, 5) is 11.5. The number of rotatable bonds is 5. The van der Waals surface area contributed by atoms with Gasteiger partial charge >= 0.3 is 0 Å². The van der Waals surface area contributed by atoms with E-state index in [2.05, 4.69) is 15.9 Å². The Bertz CT molecular complexity index is 374. The summed E-state index contributed by atoms with van der Waals surface area (Å²) in [7, 11) is 0. The summed E-state index contributed by atoms with van der Waals surface area (Å²) < 4.78 is 6.51. The Kier molecular flexibility index (Phi) is 5.16. The lowest BCUT2D eigenvalue weighted by Crippen LogP contribution is -2.14. The third-order valence-corrected chi connectivity index (χ3v) is 2.98. The Morgan fingerprint density at radius 2 is 2.19 bits per heavy atom. The average molecular weight is 285 g/mol. The molecule has 0 spiro atoms. The van der Waals surface area contributed by atoms with Gasteiger partial charge in [0.1, 0.15) is 6.10 Å². The zero-order valence-corrected chi connectivity index (χ0v) is 11.5. The Morgan fingerprint density at radius 3 is 2.69 bits per heavy atom. The van der Waals surface area contributed by atoms with E-state index < -0.39 is 6.10 Å². The third-order valence-electron chi connectivity index (χ3n) is 2.30. The third kappa shape index (κ3) is 3.42. The lowest BCUT2D eigenvalue weighted by atomic mass is 10.0. The lowest BCUT2D eigenvalue weighted by molar-refractivity contribution is -0.128. The van der Waals surface area contributed by atoms with Crippen LogP contribution >= 0.6 is 15.9 Å². The molecule has 0 N–H and O–H groups in total. The van der Waals surface area contributed by atoms with Crippen molar-refractivity contribution in [2.24, 2.45) is 0 Å². The van der Waals surface area contributed by atoms with Gasteiger partial charge in [0.05, 0.1) is 0 Å². The molecule has 0 amide bonds. The molecule has 3 heteroatoms. The standard InChI is InChI=1S/C13H17BrO2/c1-4-7-16-13(10(3)15)11-6-5-9(2)8-12(11)14/h5-6,8,13H,4,7H2,1-3H3. The number of ether oxygens (including phenoxy) is 1. The summed E-state index contributed by atoms with van der Waals surface area (Å²) in [5, 5.41) is 0. The van der Waals surface area contributed by atoms with Crippen molar-refractivity contribution < 1.29 is 9.53 Å². The van der Waals surface area contributed by atoms with E-state index in [1.807, 2.05) is 32.0 Å². The Balaban J connectivity index is 2.96. The van der Waals surface area contributed by atoms with E-state index in [-0.39, 0.29) is 5.78 Å². The van der Waals surface area contributed by atoms with E-state index in [0.29, 0.717) is 6.61 Å². The molecular formula is C13H17BrO2. The molecule has 88 valence electrons. The highest BCUT2D eigenvalue weighted by atomic mass is 79.9. The molecule has 0 saturated carbocycles. The molecule has 0 bridgehead atoms. The number of carbonyl (C=O) groups excluding carboxylic acids is 1. The Hall–Kier alpha value is -0.670. The summed E-state index contributed by atoms with van der Waals surface area (Å²) >= 11 is 3.48. The molecule has 0 radical (unpaired) electrons. The van der Waals surface area contributed by atoms with Gasteiger partial charge in [0.25, 0.3) is 0 Å². The van der Waals surface area contributed by atoms with Crippen LogP contribution in [0.15, 0.2) is 22.7 Å². The van der Waals surface area contributed by atoms with Crippen LogP contribution in [-0.4, -0.2) is 12.4 Å². The van der Waals surface area contributed by atoms with Crippen molar-refractivity contribution in [1.29, 1.82) is 0 Å². The molecule has 1 unspecified atom stereocenters. The monoisotopic (exact) mass is 284 g/mol. The smallest absolute Gasteiger partial charge is 0.163 e. The fraction of sp³-hybridized carbons (Fsp3) is 0.462. The zero-order chi connectivity index (χ0) is 12.1. The first kappa shape index (κ1) is 13.4. The number of ketones is 1. The van der Waals surface area contributed by atoms with Gasteiger partial charge in [0.15, 0.2) is 5.78 Å². The van der Waals surface area contributed by atoms with Gasteiger partial charge in [-0.25, -0.2) is 0 Å². The lowest BCUT2D eigenvalue weighted by Gasteiger charge is -2.16. The number of hydrogen-bond acceptors (Lipinski definition) is 2. The molecule has 1 atom stereocenters. The van der Waals surface area contributed by atoms with Crippen LogP contribution in [0.2, 0.25) is 0 Å². The quantitative estimate of drug-likeness (QED) is 0.822. The van der Waals surface area contributed by atoms with E-state index in [1.165, 1.54) is 0 Å². The van der Waals surface area contributed by atoms with E-state index in [4.69, 9.17) is 4.74 Å². The van der Waals surface area contributed by atoms with Crippen LogP contribution in [0.25, 0.3) is 0 Å². The number of hydrogen-bond donors (Lipinski definition) is 0. The number of carbonyl (C=O) groups is 1. The minimum atomic E-state index is -0.449. The predicted molar refractivity (Wildman–Crippen MR) is 68.5 cm³/mol. The van der Waals surface area contributed by atoms with E-state index in [0.717, 1.165) is 22.0 Å². The topological polar surface area (TPSA) is 26.3 Å². The maximum atomic E-state index is 11.5. The highest BCUT2D eigenvalue weighted by Crippen LogP contribution is 2.27. The van der Waals surface area contributed by atoms with E-state index in [9.17, 15) is 4.79 Å². The minimum Gasteiger partial charge on any atom is -0.366 e. The second-order valence-electron chi connectivity index (χ2n) is 3.89. The minimum absolute atomic E-state index is 0.0398. The van der Waals surface area contributed by atoms with Gasteiger partial charge in [0.2, 0.25) is 0 Å². The summed E-state index contributed by atoms with van der Waals surface area (Å²) in [5.41, 5.74) is 2.07. The van der Waals surface area contributed by atoms with Crippen molar-refractivity contribution >= 4 is 21.7 Å². The van der Waals surface area contributed by atoms with E-state index >= 15 is 0 Å². The molecule has 2 nitrogen and oxygen atoms in total. The van der Waals surface area contributed by atoms with Gasteiger partial charge < -0.3 is 4.74 Å². The first-order valence-corrected chi connectivity index (χ1v) is 6.23. The van der Waals surface area contributed by atoms with Crippen molar-refractivity contribution in [1.82, 2.24) is 0 Å². The molecular weight excluding hydrogens is 268 g/mol. The van der Waals surface area contributed by atoms with Gasteiger partial charge in [-0.15, -0.1) is 0 Å². The molecule has 0 aliphatic rings. The van der Waals surface area contributed by atoms with Crippen molar-refractivity contribution in [3.05, 3.63) is 33.8 Å². The highest BCUT2D eigenvalue weighted by Gasteiger charge is 2.19. The molecule has 1 aromatic carbocycles. The van der Waals surface area contributed by atoms with Crippen LogP contribution < -0.4 is 0 Å². The predicted octanol–water partition coefficient (Wildman–Crippen LogP) is 3.81. The highest BCUT2D eigenvalue weighted by molar-refractivity contribution is 9.10. The van der Waals surface area contributed by atoms with Crippen LogP contribution in [0.4, 0.5) is 0 Å². The largest absolute Gasteiger partial charge is 0.366 e. The fourth-order valence-corrected chi connectivity index (χ4v) is 2.21. The van der Waals surface area contributed by atoms with Crippen molar-refractivity contribution in [2.75, 3.05) is 6.61 Å². The van der Waals surface area contributed by atoms with Crippen LogP contribution in [-0.2, 0) is 9.53 Å². The first-order valence-electron chi connectivity index (χ1n) is 5.44. The van der Waals surface area contributed by atoms with Crippen LogP contribution in [0, 0.1) is 6.92 Å². The van der Waals surface area contributed by atoms with E-state index in [1.54, 1.807) is 6.92 Å². The summed E-state index contributed by atoms with van der Waals surface area (Å²) in [6, 6.07) is 5.94. The second-order valence-corrected chi connectivity index (χ2v) is 4.74.